The summed E-state index contributed by atoms with van der Waals surface area (Å²) < 4.78 is 2.02. The predicted octanol–water partition coefficient (Wildman–Crippen LogP) is -2.89. The van der Waals surface area contributed by atoms with E-state index in [-0.39, 0.29) is 19.6 Å². The first-order valence-corrected chi connectivity index (χ1v) is 5.80. The summed E-state index contributed by atoms with van der Waals surface area (Å²) in [6, 6.07) is 1.20. The van der Waals surface area contributed by atoms with E-state index in [0.717, 1.165) is 9.13 Å². The summed E-state index contributed by atoms with van der Waals surface area (Å²) in [5.74, 6) is -0.392. The largest absolute Gasteiger partial charge is 0.388 e. The van der Waals surface area contributed by atoms with Gasteiger partial charge >= 0.3 is 5.69 Å². The zero-order valence-corrected chi connectivity index (χ0v) is 10.4. The van der Waals surface area contributed by atoms with Crippen molar-refractivity contribution >= 4 is 5.91 Å². The number of rotatable bonds is 2. The normalized spacial score (nSPS) is 22.8. The second-order valence-electron chi connectivity index (χ2n) is 4.56. The number of β-amino-alcohol motifs (C(OH)–C–C–N with tert-alkyl or cyclic N) is 2. The number of aliphatic hydroxyl groups excluding tert-OH is 2. The molecule has 19 heavy (non-hydrogen) atoms. The fraction of sp³-hybridized carbons (Fsp3) is 0.545. The summed E-state index contributed by atoms with van der Waals surface area (Å²) >= 11 is 0. The molecule has 1 fully saturated rings. The van der Waals surface area contributed by atoms with E-state index < -0.39 is 29.4 Å². The van der Waals surface area contributed by atoms with E-state index in [1.54, 1.807) is 0 Å². The molecule has 1 amide bonds. The van der Waals surface area contributed by atoms with Gasteiger partial charge in [0.2, 0.25) is 5.91 Å². The van der Waals surface area contributed by atoms with Crippen LogP contribution >= 0.6 is 0 Å². The van der Waals surface area contributed by atoms with Gasteiger partial charge in [0.1, 0.15) is 6.54 Å². The minimum Gasteiger partial charge on any atom is -0.388 e. The Morgan fingerprint density at radius 3 is 2.47 bits per heavy atom. The Kier molecular flexibility index (Phi) is 3.54. The van der Waals surface area contributed by atoms with E-state index >= 15 is 0 Å². The number of hydrogen-bond acceptors (Lipinski definition) is 5. The average Bonchev–Trinajstić information content (AvgIpc) is 2.70. The molecule has 0 unspecified atom stereocenters. The molecule has 2 heterocycles. The molecule has 2 N–H and O–H groups in total. The summed E-state index contributed by atoms with van der Waals surface area (Å²) in [7, 11) is 1.33. The van der Waals surface area contributed by atoms with Gasteiger partial charge in [-0.25, -0.2) is 4.79 Å². The lowest BCUT2D eigenvalue weighted by Crippen LogP contribution is -2.41. The summed E-state index contributed by atoms with van der Waals surface area (Å²) in [5.41, 5.74) is -1.03. The quantitative estimate of drug-likeness (QED) is 0.599. The molecule has 104 valence electrons. The second kappa shape index (κ2) is 4.98. The van der Waals surface area contributed by atoms with Crippen molar-refractivity contribution in [2.75, 3.05) is 13.1 Å². The number of aliphatic hydroxyl groups is 2. The molecule has 0 radical (unpaired) electrons. The van der Waals surface area contributed by atoms with Crippen molar-refractivity contribution in [2.24, 2.45) is 7.05 Å². The SMILES string of the molecule is Cn1c(=O)ccn(CC(=O)N2C[C@@H](O)[C@@H](O)C2)c1=O. The Morgan fingerprint density at radius 1 is 1.32 bits per heavy atom. The number of carbonyl (C=O) groups excluding carboxylic acids is 1. The molecule has 1 aromatic rings. The van der Waals surface area contributed by atoms with Crippen LogP contribution in [0.4, 0.5) is 0 Å². The van der Waals surface area contributed by atoms with Crippen molar-refractivity contribution in [1.29, 1.82) is 0 Å². The van der Waals surface area contributed by atoms with E-state index in [0.29, 0.717) is 0 Å². The van der Waals surface area contributed by atoms with Gasteiger partial charge in [-0.05, 0) is 0 Å². The number of hydrogen-bond donors (Lipinski definition) is 2. The van der Waals surface area contributed by atoms with Crippen molar-refractivity contribution in [3.05, 3.63) is 33.1 Å². The highest BCUT2D eigenvalue weighted by atomic mass is 16.3. The Bertz CT molecular complexity index is 595. The Hall–Kier alpha value is -1.93. The van der Waals surface area contributed by atoms with Gasteiger partial charge in [-0.1, -0.05) is 0 Å². The van der Waals surface area contributed by atoms with Gasteiger partial charge in [0.15, 0.2) is 0 Å². The Balaban J connectivity index is 2.14. The molecule has 2 atom stereocenters. The second-order valence-corrected chi connectivity index (χ2v) is 4.56. The van der Waals surface area contributed by atoms with Crippen molar-refractivity contribution in [2.45, 2.75) is 18.8 Å². The molecule has 0 aromatic carbocycles. The minimum atomic E-state index is -0.958. The van der Waals surface area contributed by atoms with E-state index in [1.807, 2.05) is 0 Å². The van der Waals surface area contributed by atoms with Gasteiger partial charge in [-0.15, -0.1) is 0 Å². The van der Waals surface area contributed by atoms with Crippen LogP contribution in [0.1, 0.15) is 0 Å². The topological polar surface area (TPSA) is 105 Å². The highest BCUT2D eigenvalue weighted by molar-refractivity contribution is 5.76. The van der Waals surface area contributed by atoms with Gasteiger partial charge in [0.25, 0.3) is 5.56 Å². The first-order valence-electron chi connectivity index (χ1n) is 5.80. The lowest BCUT2D eigenvalue weighted by atomic mass is 10.3. The van der Waals surface area contributed by atoms with E-state index in [2.05, 4.69) is 0 Å². The van der Waals surface area contributed by atoms with E-state index in [9.17, 15) is 24.6 Å². The standard InChI is InChI=1S/C11H15N3O5/c1-12-9(17)2-3-13(11(12)19)6-10(18)14-4-7(15)8(16)5-14/h2-3,7-8,15-16H,4-6H2,1H3/t7-,8+. The molecular weight excluding hydrogens is 254 g/mol. The molecule has 0 bridgehead atoms. The maximum absolute atomic E-state index is 11.9. The fourth-order valence-corrected chi connectivity index (χ4v) is 1.96. The lowest BCUT2D eigenvalue weighted by Gasteiger charge is -2.16. The zero-order chi connectivity index (χ0) is 14.2. The van der Waals surface area contributed by atoms with Crippen LogP contribution in [0, 0.1) is 0 Å². The minimum absolute atomic E-state index is 0.0422. The van der Waals surface area contributed by atoms with Crippen molar-refractivity contribution in [3.63, 3.8) is 0 Å². The van der Waals surface area contributed by atoms with Crippen LogP contribution in [0.3, 0.4) is 0 Å². The number of likely N-dealkylation sites (tertiary alicyclic amines) is 1. The van der Waals surface area contributed by atoms with Crippen molar-refractivity contribution < 1.29 is 15.0 Å². The summed E-state index contributed by atoms with van der Waals surface area (Å²) in [5, 5.41) is 18.7. The molecule has 2 rings (SSSR count). The molecule has 0 saturated carbocycles. The lowest BCUT2D eigenvalue weighted by molar-refractivity contribution is -0.131. The third-order valence-corrected chi connectivity index (χ3v) is 3.18. The van der Waals surface area contributed by atoms with Crippen molar-refractivity contribution in [1.82, 2.24) is 14.0 Å². The molecule has 0 aliphatic carbocycles. The smallest absolute Gasteiger partial charge is 0.331 e. The van der Waals surface area contributed by atoms with Crippen LogP contribution in [0.2, 0.25) is 0 Å². The third kappa shape index (κ3) is 2.59. The molecule has 0 spiro atoms. The molecule has 1 aliphatic rings. The van der Waals surface area contributed by atoms with Crippen LogP contribution in [0.15, 0.2) is 21.9 Å². The van der Waals surface area contributed by atoms with Crippen LogP contribution in [-0.4, -0.2) is 55.5 Å². The summed E-state index contributed by atoms with van der Waals surface area (Å²) in [6.07, 6.45) is -0.660. The molecular formula is C11H15N3O5. The average molecular weight is 269 g/mol. The molecule has 1 aromatic heterocycles. The first-order chi connectivity index (χ1) is 8.90. The molecule has 1 aliphatic heterocycles. The maximum atomic E-state index is 11.9. The van der Waals surface area contributed by atoms with E-state index in [4.69, 9.17) is 0 Å². The van der Waals surface area contributed by atoms with Crippen LogP contribution < -0.4 is 11.2 Å². The number of aromatic nitrogens is 2. The van der Waals surface area contributed by atoms with Crippen LogP contribution in [0.25, 0.3) is 0 Å². The van der Waals surface area contributed by atoms with Crippen molar-refractivity contribution in [3.8, 4) is 0 Å². The molecule has 1 saturated heterocycles. The monoisotopic (exact) mass is 269 g/mol. The van der Waals surface area contributed by atoms with Crippen LogP contribution in [-0.2, 0) is 18.4 Å². The first kappa shape index (κ1) is 13.5. The summed E-state index contributed by atoms with van der Waals surface area (Å²) in [6.45, 7) is -0.145. The maximum Gasteiger partial charge on any atom is 0.331 e. The number of amides is 1. The van der Waals surface area contributed by atoms with Gasteiger partial charge < -0.3 is 15.1 Å². The summed E-state index contributed by atoms with van der Waals surface area (Å²) in [4.78, 5) is 36.1. The highest BCUT2D eigenvalue weighted by Crippen LogP contribution is 2.10. The van der Waals surface area contributed by atoms with Gasteiger partial charge in [0.05, 0.1) is 12.2 Å². The Morgan fingerprint density at radius 2 is 1.89 bits per heavy atom. The highest BCUT2D eigenvalue weighted by Gasteiger charge is 2.32. The predicted molar refractivity (Wildman–Crippen MR) is 64.5 cm³/mol. The number of nitrogens with zero attached hydrogens (tertiary/aromatic N) is 3. The van der Waals surface area contributed by atoms with Gasteiger partial charge in [0, 0.05) is 32.4 Å². The molecule has 8 nitrogen and oxygen atoms in total. The van der Waals surface area contributed by atoms with E-state index in [1.165, 1.54) is 24.2 Å². The molecule has 8 heteroatoms. The van der Waals surface area contributed by atoms with Crippen LogP contribution in [0.5, 0.6) is 0 Å². The zero-order valence-electron chi connectivity index (χ0n) is 10.4. The fourth-order valence-electron chi connectivity index (χ4n) is 1.96. The number of carbonyl (C=O) groups is 1. The Labute approximate surface area is 108 Å². The third-order valence-electron chi connectivity index (χ3n) is 3.18. The van der Waals surface area contributed by atoms with Gasteiger partial charge in [-0.3, -0.25) is 18.7 Å². The van der Waals surface area contributed by atoms with Gasteiger partial charge in [-0.2, -0.15) is 0 Å².